The van der Waals surface area contributed by atoms with E-state index in [9.17, 15) is 4.39 Å². The molecule has 1 heterocycles. The second kappa shape index (κ2) is 6.65. The monoisotopic (exact) mass is 283 g/mol. The van der Waals surface area contributed by atoms with Gasteiger partial charge in [0.05, 0.1) is 23.0 Å². The van der Waals surface area contributed by atoms with E-state index in [0.29, 0.717) is 13.2 Å². The van der Waals surface area contributed by atoms with Crippen molar-refractivity contribution in [2.45, 2.75) is 6.54 Å². The van der Waals surface area contributed by atoms with Gasteiger partial charge in [0.15, 0.2) is 0 Å². The maximum Gasteiger partial charge on any atom is 0.141 e. The molecule has 0 aliphatic carbocycles. The van der Waals surface area contributed by atoms with Crippen LogP contribution in [0.3, 0.4) is 0 Å². The molecule has 0 radical (unpaired) electrons. The Morgan fingerprint density at radius 3 is 3.00 bits per heavy atom. The van der Waals surface area contributed by atoms with Crippen LogP contribution < -0.4 is 5.32 Å². The van der Waals surface area contributed by atoms with Gasteiger partial charge in [-0.3, -0.25) is 0 Å². The summed E-state index contributed by atoms with van der Waals surface area (Å²) in [6, 6.07) is 6.41. The number of nitrogens with zero attached hydrogens (tertiary/aromatic N) is 2. The summed E-state index contributed by atoms with van der Waals surface area (Å²) in [5, 5.41) is 7.67. The molecule has 19 heavy (non-hydrogen) atoms. The van der Waals surface area contributed by atoms with Crippen molar-refractivity contribution < 1.29 is 9.13 Å². The molecule has 0 unspecified atom stereocenters. The predicted octanol–water partition coefficient (Wildman–Crippen LogP) is 2.40. The quantitative estimate of drug-likeness (QED) is 0.828. The summed E-state index contributed by atoms with van der Waals surface area (Å²) >= 11 is 5.75. The lowest BCUT2D eigenvalue weighted by atomic mass is 10.3. The van der Waals surface area contributed by atoms with Crippen molar-refractivity contribution in [3.05, 3.63) is 47.0 Å². The summed E-state index contributed by atoms with van der Waals surface area (Å²) in [6.45, 7) is 2.09. The van der Waals surface area contributed by atoms with Crippen LogP contribution in [0, 0.1) is 5.82 Å². The number of rotatable bonds is 6. The van der Waals surface area contributed by atoms with E-state index in [0.717, 1.165) is 17.9 Å². The molecule has 0 bridgehead atoms. The first-order valence-corrected chi connectivity index (χ1v) is 6.28. The molecule has 2 aromatic rings. The third-order valence-electron chi connectivity index (χ3n) is 2.60. The van der Waals surface area contributed by atoms with E-state index in [4.69, 9.17) is 16.3 Å². The van der Waals surface area contributed by atoms with Gasteiger partial charge in [0.25, 0.3) is 0 Å². The van der Waals surface area contributed by atoms with Gasteiger partial charge in [-0.1, -0.05) is 11.6 Å². The van der Waals surface area contributed by atoms with E-state index in [1.54, 1.807) is 23.9 Å². The molecule has 0 saturated heterocycles. The van der Waals surface area contributed by atoms with E-state index >= 15 is 0 Å². The summed E-state index contributed by atoms with van der Waals surface area (Å²) in [7, 11) is 1.66. The highest BCUT2D eigenvalue weighted by atomic mass is 35.5. The molecule has 2 rings (SSSR count). The number of aromatic nitrogens is 2. The van der Waals surface area contributed by atoms with Gasteiger partial charge in [-0.2, -0.15) is 5.10 Å². The van der Waals surface area contributed by atoms with E-state index < -0.39 is 5.82 Å². The van der Waals surface area contributed by atoms with Crippen molar-refractivity contribution in [3.8, 4) is 5.69 Å². The first-order valence-electron chi connectivity index (χ1n) is 5.90. The summed E-state index contributed by atoms with van der Waals surface area (Å²) in [5.74, 6) is -0.431. The van der Waals surface area contributed by atoms with Crippen molar-refractivity contribution >= 4 is 11.6 Å². The lowest BCUT2D eigenvalue weighted by molar-refractivity contribution is 0.199. The second-order valence-electron chi connectivity index (χ2n) is 4.02. The van der Waals surface area contributed by atoms with Crippen LogP contribution in [-0.4, -0.2) is 30.0 Å². The van der Waals surface area contributed by atoms with E-state index in [1.165, 1.54) is 6.07 Å². The minimum atomic E-state index is -0.431. The number of halogens is 2. The summed E-state index contributed by atoms with van der Waals surface area (Å²) in [5.41, 5.74) is 1.63. The Bertz CT molecular complexity index is 544. The van der Waals surface area contributed by atoms with Crippen LogP contribution in [0.25, 0.3) is 5.69 Å². The van der Waals surface area contributed by atoms with E-state index in [2.05, 4.69) is 10.4 Å². The average Bonchev–Trinajstić information content (AvgIpc) is 2.87. The molecule has 0 atom stereocenters. The number of methoxy groups -OCH3 is 1. The van der Waals surface area contributed by atoms with Crippen molar-refractivity contribution in [2.75, 3.05) is 20.3 Å². The molecule has 0 spiro atoms. The first-order chi connectivity index (χ1) is 9.20. The molecular formula is C13H15ClFN3O. The van der Waals surface area contributed by atoms with Crippen molar-refractivity contribution in [2.24, 2.45) is 0 Å². The number of hydrogen-bond donors (Lipinski definition) is 1. The minimum Gasteiger partial charge on any atom is -0.383 e. The van der Waals surface area contributed by atoms with Gasteiger partial charge in [0, 0.05) is 26.4 Å². The largest absolute Gasteiger partial charge is 0.383 e. The lowest BCUT2D eigenvalue weighted by Crippen LogP contribution is -2.18. The molecule has 0 saturated carbocycles. The third-order valence-corrected chi connectivity index (χ3v) is 2.89. The molecule has 0 aliphatic rings. The average molecular weight is 284 g/mol. The van der Waals surface area contributed by atoms with Gasteiger partial charge in [-0.25, -0.2) is 9.07 Å². The van der Waals surface area contributed by atoms with Gasteiger partial charge in [-0.15, -0.1) is 0 Å². The second-order valence-corrected chi connectivity index (χ2v) is 4.43. The van der Waals surface area contributed by atoms with Crippen LogP contribution in [0.5, 0.6) is 0 Å². The van der Waals surface area contributed by atoms with Crippen LogP contribution in [0.4, 0.5) is 4.39 Å². The van der Waals surface area contributed by atoms with Crippen molar-refractivity contribution in [1.82, 2.24) is 15.1 Å². The molecule has 1 aromatic heterocycles. The summed E-state index contributed by atoms with van der Waals surface area (Å²) in [6.07, 6.45) is 1.82. The SMILES string of the molecule is COCCNCc1ccn(-c2ccc(F)c(Cl)c2)n1. The zero-order valence-corrected chi connectivity index (χ0v) is 11.3. The number of benzene rings is 1. The Morgan fingerprint density at radius 2 is 2.26 bits per heavy atom. The molecule has 4 nitrogen and oxygen atoms in total. The number of nitrogens with one attached hydrogen (secondary N) is 1. The van der Waals surface area contributed by atoms with Crippen molar-refractivity contribution in [1.29, 1.82) is 0 Å². The predicted molar refractivity (Wildman–Crippen MR) is 72.1 cm³/mol. The van der Waals surface area contributed by atoms with Crippen LogP contribution in [0.1, 0.15) is 5.69 Å². The van der Waals surface area contributed by atoms with Gasteiger partial charge in [-0.05, 0) is 24.3 Å². The molecule has 102 valence electrons. The van der Waals surface area contributed by atoms with Gasteiger partial charge < -0.3 is 10.1 Å². The van der Waals surface area contributed by atoms with Crippen LogP contribution in [0.2, 0.25) is 5.02 Å². The maximum absolute atomic E-state index is 13.1. The molecule has 0 fully saturated rings. The van der Waals surface area contributed by atoms with Crippen LogP contribution in [0.15, 0.2) is 30.5 Å². The molecule has 1 aromatic carbocycles. The van der Waals surface area contributed by atoms with Gasteiger partial charge >= 0.3 is 0 Å². The highest BCUT2D eigenvalue weighted by molar-refractivity contribution is 6.30. The normalized spacial score (nSPS) is 10.9. The van der Waals surface area contributed by atoms with Crippen LogP contribution in [-0.2, 0) is 11.3 Å². The highest BCUT2D eigenvalue weighted by Crippen LogP contribution is 2.18. The van der Waals surface area contributed by atoms with Gasteiger partial charge in [0.1, 0.15) is 5.82 Å². The lowest BCUT2D eigenvalue weighted by Gasteiger charge is -2.03. The Hall–Kier alpha value is -1.43. The minimum absolute atomic E-state index is 0.0905. The molecule has 1 N–H and O–H groups in total. The molecular weight excluding hydrogens is 269 g/mol. The topological polar surface area (TPSA) is 39.1 Å². The number of hydrogen-bond acceptors (Lipinski definition) is 3. The van der Waals surface area contributed by atoms with E-state index in [1.807, 2.05) is 12.3 Å². The molecule has 6 heteroatoms. The Kier molecular flexibility index (Phi) is 4.90. The molecule has 0 amide bonds. The number of ether oxygens (including phenoxy) is 1. The molecule has 0 aliphatic heterocycles. The zero-order chi connectivity index (χ0) is 13.7. The highest BCUT2D eigenvalue weighted by Gasteiger charge is 2.04. The van der Waals surface area contributed by atoms with Crippen LogP contribution >= 0.6 is 11.6 Å². The smallest absolute Gasteiger partial charge is 0.141 e. The van der Waals surface area contributed by atoms with E-state index in [-0.39, 0.29) is 5.02 Å². The summed E-state index contributed by atoms with van der Waals surface area (Å²) < 4.78 is 19.7. The van der Waals surface area contributed by atoms with Crippen molar-refractivity contribution in [3.63, 3.8) is 0 Å². The Morgan fingerprint density at radius 1 is 1.42 bits per heavy atom. The third kappa shape index (κ3) is 3.76. The summed E-state index contributed by atoms with van der Waals surface area (Å²) in [4.78, 5) is 0. The first kappa shape index (κ1) is 14.0. The standard InChI is InChI=1S/C13H15ClFN3O/c1-19-7-5-16-9-10-4-6-18(17-10)11-2-3-13(15)12(14)8-11/h2-4,6,8,16H,5,7,9H2,1H3. The fourth-order valence-corrected chi connectivity index (χ4v) is 1.79. The fourth-order valence-electron chi connectivity index (χ4n) is 1.62. The Labute approximate surface area is 116 Å². The Balaban J connectivity index is 2.01. The van der Waals surface area contributed by atoms with Gasteiger partial charge in [0.2, 0.25) is 0 Å². The fraction of sp³-hybridized carbons (Fsp3) is 0.308. The maximum atomic E-state index is 13.1. The zero-order valence-electron chi connectivity index (χ0n) is 10.6.